The first kappa shape index (κ1) is 12.8. The first-order valence-corrected chi connectivity index (χ1v) is 4.44. The normalized spacial score (nSPS) is 11.1. The Labute approximate surface area is 95.1 Å². The maximum absolute atomic E-state index is 13.2. The third-order valence-corrected chi connectivity index (χ3v) is 1.86. The van der Waals surface area contributed by atoms with Gasteiger partial charge in [-0.2, -0.15) is 0 Å². The lowest BCUT2D eigenvalue weighted by atomic mass is 10.1. The Balaban J connectivity index is 3.07. The van der Waals surface area contributed by atoms with E-state index in [-0.39, 0.29) is 0 Å². The molecular formula is C11H8F2O4. The number of halogens is 2. The van der Waals surface area contributed by atoms with Gasteiger partial charge in [-0.05, 0) is 18.2 Å². The van der Waals surface area contributed by atoms with Crippen LogP contribution in [0.15, 0.2) is 24.3 Å². The van der Waals surface area contributed by atoms with E-state index in [2.05, 4.69) is 4.74 Å². The fourth-order valence-electron chi connectivity index (χ4n) is 1.06. The van der Waals surface area contributed by atoms with E-state index in [0.29, 0.717) is 12.1 Å². The van der Waals surface area contributed by atoms with E-state index in [1.54, 1.807) is 0 Å². The molecule has 0 fully saturated rings. The Hall–Kier alpha value is -2.24. The molecule has 0 radical (unpaired) electrons. The molecule has 1 rings (SSSR count). The average Bonchev–Trinajstić information content (AvgIpc) is 2.30. The summed E-state index contributed by atoms with van der Waals surface area (Å²) in [5.74, 6) is -4.94. The molecule has 0 unspecified atom stereocenters. The van der Waals surface area contributed by atoms with Crippen molar-refractivity contribution in [3.05, 3.63) is 41.5 Å². The van der Waals surface area contributed by atoms with Gasteiger partial charge in [0.05, 0.1) is 12.7 Å². The van der Waals surface area contributed by atoms with Crippen LogP contribution in [0.5, 0.6) is 0 Å². The van der Waals surface area contributed by atoms with Crippen molar-refractivity contribution in [2.45, 2.75) is 0 Å². The molecule has 0 aliphatic rings. The number of aliphatic hydroxyl groups is 1. The molecule has 0 bridgehead atoms. The predicted octanol–water partition coefficient (Wildman–Crippen LogP) is 1.61. The molecule has 1 N–H and O–H groups in total. The third-order valence-electron chi connectivity index (χ3n) is 1.86. The predicted molar refractivity (Wildman–Crippen MR) is 54.0 cm³/mol. The lowest BCUT2D eigenvalue weighted by Crippen LogP contribution is -2.13. The summed E-state index contributed by atoms with van der Waals surface area (Å²) in [6.07, 6.45) is 0.462. The number of ether oxygens (including phenoxy) is 1. The number of benzene rings is 1. The highest BCUT2D eigenvalue weighted by molar-refractivity contribution is 6.39. The van der Waals surface area contributed by atoms with Gasteiger partial charge in [0.2, 0.25) is 0 Å². The molecule has 1 aromatic rings. The summed E-state index contributed by atoms with van der Waals surface area (Å²) < 4.78 is 30.0. The zero-order valence-corrected chi connectivity index (χ0v) is 8.74. The van der Waals surface area contributed by atoms with Gasteiger partial charge in [0.15, 0.2) is 0 Å². The van der Waals surface area contributed by atoms with E-state index in [9.17, 15) is 23.5 Å². The van der Waals surface area contributed by atoms with Crippen LogP contribution in [-0.2, 0) is 14.3 Å². The van der Waals surface area contributed by atoms with Gasteiger partial charge in [-0.25, -0.2) is 13.6 Å². The molecule has 0 spiro atoms. The average molecular weight is 242 g/mol. The van der Waals surface area contributed by atoms with Gasteiger partial charge >= 0.3 is 5.97 Å². The quantitative estimate of drug-likeness (QED) is 0.378. The fourth-order valence-corrected chi connectivity index (χ4v) is 1.06. The summed E-state index contributed by atoms with van der Waals surface area (Å²) in [5.41, 5.74) is -0.512. The molecule has 0 amide bonds. The van der Waals surface area contributed by atoms with E-state index >= 15 is 0 Å². The molecule has 0 aliphatic carbocycles. The van der Waals surface area contributed by atoms with Gasteiger partial charge in [-0.15, -0.1) is 0 Å². The van der Waals surface area contributed by atoms with Gasteiger partial charge in [-0.1, -0.05) is 0 Å². The fraction of sp³-hybridized carbons (Fsp3) is 0.0909. The number of carbonyl (C=O) groups excluding carboxylic acids is 2. The van der Waals surface area contributed by atoms with E-state index in [4.69, 9.17) is 0 Å². The molecule has 0 heterocycles. The Morgan fingerprint density at radius 2 is 2.00 bits per heavy atom. The van der Waals surface area contributed by atoms with Crippen molar-refractivity contribution in [2.24, 2.45) is 0 Å². The minimum absolute atomic E-state index is 0.462. The van der Waals surface area contributed by atoms with Crippen LogP contribution in [0.2, 0.25) is 0 Å². The summed E-state index contributed by atoms with van der Waals surface area (Å²) in [7, 11) is 0.980. The second-order valence-electron chi connectivity index (χ2n) is 3.01. The van der Waals surface area contributed by atoms with Crippen LogP contribution in [0.4, 0.5) is 8.78 Å². The van der Waals surface area contributed by atoms with Gasteiger partial charge < -0.3 is 9.84 Å². The zero-order valence-electron chi connectivity index (χ0n) is 8.74. The second-order valence-corrected chi connectivity index (χ2v) is 3.01. The number of hydrogen-bond acceptors (Lipinski definition) is 4. The highest BCUT2D eigenvalue weighted by atomic mass is 19.1. The third kappa shape index (κ3) is 3.10. The van der Waals surface area contributed by atoms with Crippen LogP contribution >= 0.6 is 0 Å². The van der Waals surface area contributed by atoms with Crippen LogP contribution in [0.25, 0.3) is 5.76 Å². The summed E-state index contributed by atoms with van der Waals surface area (Å²) in [6.45, 7) is 0. The Kier molecular flexibility index (Phi) is 3.92. The van der Waals surface area contributed by atoms with E-state index in [0.717, 1.165) is 19.2 Å². The molecule has 1 aromatic carbocycles. The molecule has 6 heteroatoms. The molecule has 0 saturated carbocycles. The number of esters is 1. The first-order valence-electron chi connectivity index (χ1n) is 4.44. The molecule has 4 nitrogen and oxygen atoms in total. The minimum Gasteiger partial charge on any atom is -0.507 e. The molecule has 0 aliphatic heterocycles. The second kappa shape index (κ2) is 5.20. The first-order chi connectivity index (χ1) is 7.95. The van der Waals surface area contributed by atoms with Gasteiger partial charge in [-0.3, -0.25) is 4.79 Å². The molecule has 0 aromatic heterocycles. The van der Waals surface area contributed by atoms with Gasteiger partial charge in [0.1, 0.15) is 17.4 Å². The van der Waals surface area contributed by atoms with Crippen molar-refractivity contribution in [3.63, 3.8) is 0 Å². The van der Waals surface area contributed by atoms with Crippen molar-refractivity contribution >= 4 is 17.5 Å². The Morgan fingerprint density at radius 1 is 1.35 bits per heavy atom. The number of methoxy groups -OCH3 is 1. The molecular weight excluding hydrogens is 234 g/mol. The lowest BCUT2D eigenvalue weighted by Gasteiger charge is -2.02. The summed E-state index contributed by atoms with van der Waals surface area (Å²) in [5, 5.41) is 9.37. The van der Waals surface area contributed by atoms with Crippen LogP contribution in [0.3, 0.4) is 0 Å². The SMILES string of the molecule is COC(=O)C(=O)/C=C(\O)c1cc(F)ccc1F. The number of carbonyl (C=O) groups is 2. The Bertz CT molecular complexity index is 494. The Morgan fingerprint density at radius 3 is 2.59 bits per heavy atom. The van der Waals surface area contributed by atoms with E-state index in [1.165, 1.54) is 0 Å². The van der Waals surface area contributed by atoms with E-state index in [1.807, 2.05) is 0 Å². The number of hydrogen-bond donors (Lipinski definition) is 1. The van der Waals surface area contributed by atoms with Gasteiger partial charge in [0.25, 0.3) is 5.78 Å². The van der Waals surface area contributed by atoms with E-state index < -0.39 is 34.7 Å². The highest BCUT2D eigenvalue weighted by Gasteiger charge is 2.15. The molecule has 0 atom stereocenters. The molecule has 90 valence electrons. The van der Waals surface area contributed by atoms with Crippen LogP contribution in [0.1, 0.15) is 5.56 Å². The summed E-state index contributed by atoms with van der Waals surface area (Å²) in [4.78, 5) is 21.8. The highest BCUT2D eigenvalue weighted by Crippen LogP contribution is 2.17. The number of ketones is 1. The number of rotatable bonds is 3. The minimum atomic E-state index is -1.21. The monoisotopic (exact) mass is 242 g/mol. The topological polar surface area (TPSA) is 63.6 Å². The van der Waals surface area contributed by atoms with Gasteiger partial charge in [0, 0.05) is 6.08 Å². The lowest BCUT2D eigenvalue weighted by molar-refractivity contribution is -0.149. The van der Waals surface area contributed by atoms with Crippen molar-refractivity contribution in [2.75, 3.05) is 7.11 Å². The van der Waals surface area contributed by atoms with Crippen LogP contribution in [0, 0.1) is 11.6 Å². The van der Waals surface area contributed by atoms with Crippen molar-refractivity contribution in [1.82, 2.24) is 0 Å². The molecule has 0 saturated heterocycles. The van der Waals surface area contributed by atoms with Crippen molar-refractivity contribution in [3.8, 4) is 0 Å². The maximum atomic E-state index is 13.2. The van der Waals surface area contributed by atoms with Crippen LogP contribution in [-0.4, -0.2) is 24.0 Å². The smallest absolute Gasteiger partial charge is 0.378 e. The molecule has 17 heavy (non-hydrogen) atoms. The van der Waals surface area contributed by atoms with Crippen LogP contribution < -0.4 is 0 Å². The summed E-state index contributed by atoms with van der Waals surface area (Å²) >= 11 is 0. The largest absolute Gasteiger partial charge is 0.507 e. The zero-order chi connectivity index (χ0) is 13.0. The standard InChI is InChI=1S/C11H8F2O4/c1-17-11(16)10(15)5-9(14)7-4-6(12)2-3-8(7)13/h2-5,14H,1H3/b9-5-. The number of aliphatic hydroxyl groups excluding tert-OH is 1. The van der Waals surface area contributed by atoms with Crippen molar-refractivity contribution < 1.29 is 28.2 Å². The van der Waals surface area contributed by atoms with Crippen molar-refractivity contribution in [1.29, 1.82) is 0 Å². The maximum Gasteiger partial charge on any atom is 0.378 e. The summed E-state index contributed by atoms with van der Waals surface area (Å²) in [6, 6.07) is 2.34.